The van der Waals surface area contributed by atoms with Crippen LogP contribution in [-0.2, 0) is 6.54 Å². The highest BCUT2D eigenvalue weighted by Gasteiger charge is 2.15. The van der Waals surface area contributed by atoms with E-state index in [0.29, 0.717) is 6.04 Å². The third kappa shape index (κ3) is 2.70. The Morgan fingerprint density at radius 1 is 1.64 bits per heavy atom. The van der Waals surface area contributed by atoms with E-state index in [1.807, 2.05) is 6.07 Å². The Hall–Kier alpha value is -0.0900. The minimum absolute atomic E-state index is 0.610. The summed E-state index contributed by atoms with van der Waals surface area (Å²) < 4.78 is 0.892. The van der Waals surface area contributed by atoms with E-state index in [9.17, 15) is 0 Å². The van der Waals surface area contributed by atoms with E-state index in [4.69, 9.17) is 11.6 Å². The highest BCUT2D eigenvalue weighted by molar-refractivity contribution is 7.16. The average molecular weight is 231 g/mol. The van der Waals surface area contributed by atoms with Crippen LogP contribution in [0.2, 0.25) is 4.34 Å². The Bertz CT molecular complexity index is 300. The topological polar surface area (TPSA) is 15.3 Å². The fourth-order valence-corrected chi connectivity index (χ4v) is 2.94. The van der Waals surface area contributed by atoms with Gasteiger partial charge in [0, 0.05) is 37.1 Å². The predicted octanol–water partition coefficient (Wildman–Crippen LogP) is 2.20. The van der Waals surface area contributed by atoms with Gasteiger partial charge in [0.1, 0.15) is 0 Å². The number of rotatable bonds is 2. The summed E-state index contributed by atoms with van der Waals surface area (Å²) in [4.78, 5) is 3.84. The molecule has 2 rings (SSSR count). The molecule has 4 heteroatoms. The van der Waals surface area contributed by atoms with Crippen molar-refractivity contribution < 1.29 is 0 Å². The standard InChI is InChI=1S/C10H15ClN2S/c1-8-6-13(5-4-12-8)7-9-2-3-10(11)14-9/h2-3,8,12H,4-7H2,1H3/t8-/m1/s1. The number of thiophene rings is 1. The summed E-state index contributed by atoms with van der Waals surface area (Å²) >= 11 is 7.58. The van der Waals surface area contributed by atoms with Crippen molar-refractivity contribution in [3.8, 4) is 0 Å². The Morgan fingerprint density at radius 3 is 3.14 bits per heavy atom. The number of piperazine rings is 1. The summed E-state index contributed by atoms with van der Waals surface area (Å²) in [6.45, 7) is 6.65. The summed E-state index contributed by atoms with van der Waals surface area (Å²) in [6.07, 6.45) is 0. The van der Waals surface area contributed by atoms with Gasteiger partial charge in [0.05, 0.1) is 4.34 Å². The van der Waals surface area contributed by atoms with Crippen molar-refractivity contribution in [2.24, 2.45) is 0 Å². The van der Waals surface area contributed by atoms with E-state index >= 15 is 0 Å². The molecular weight excluding hydrogens is 216 g/mol. The highest BCUT2D eigenvalue weighted by Crippen LogP contribution is 2.22. The molecule has 1 fully saturated rings. The molecule has 2 heterocycles. The largest absolute Gasteiger partial charge is 0.312 e. The number of hydrogen-bond acceptors (Lipinski definition) is 3. The van der Waals surface area contributed by atoms with E-state index < -0.39 is 0 Å². The van der Waals surface area contributed by atoms with Crippen LogP contribution in [0.3, 0.4) is 0 Å². The van der Waals surface area contributed by atoms with Crippen LogP contribution in [0.5, 0.6) is 0 Å². The van der Waals surface area contributed by atoms with E-state index in [1.165, 1.54) is 4.88 Å². The monoisotopic (exact) mass is 230 g/mol. The molecule has 1 aromatic rings. The van der Waals surface area contributed by atoms with Crippen molar-refractivity contribution in [2.75, 3.05) is 19.6 Å². The highest BCUT2D eigenvalue weighted by atomic mass is 35.5. The van der Waals surface area contributed by atoms with Crippen LogP contribution in [0.25, 0.3) is 0 Å². The summed E-state index contributed by atoms with van der Waals surface area (Å²) in [6, 6.07) is 4.71. The molecule has 1 aromatic heterocycles. The van der Waals surface area contributed by atoms with Crippen molar-refractivity contribution >= 4 is 22.9 Å². The minimum atomic E-state index is 0.610. The van der Waals surface area contributed by atoms with Crippen molar-refractivity contribution in [1.82, 2.24) is 10.2 Å². The second-order valence-electron chi connectivity index (χ2n) is 3.80. The van der Waals surface area contributed by atoms with Gasteiger partial charge >= 0.3 is 0 Å². The van der Waals surface area contributed by atoms with Gasteiger partial charge in [-0.2, -0.15) is 0 Å². The van der Waals surface area contributed by atoms with Crippen LogP contribution in [-0.4, -0.2) is 30.6 Å². The van der Waals surface area contributed by atoms with Crippen molar-refractivity contribution in [3.63, 3.8) is 0 Å². The lowest BCUT2D eigenvalue weighted by molar-refractivity contribution is 0.201. The van der Waals surface area contributed by atoms with Gasteiger partial charge < -0.3 is 5.32 Å². The number of nitrogens with one attached hydrogen (secondary N) is 1. The Labute approximate surface area is 93.9 Å². The second-order valence-corrected chi connectivity index (χ2v) is 5.60. The van der Waals surface area contributed by atoms with Gasteiger partial charge in [-0.15, -0.1) is 11.3 Å². The van der Waals surface area contributed by atoms with Gasteiger partial charge in [-0.3, -0.25) is 4.90 Å². The van der Waals surface area contributed by atoms with Gasteiger partial charge in [0.2, 0.25) is 0 Å². The molecule has 0 spiro atoms. The Morgan fingerprint density at radius 2 is 2.50 bits per heavy atom. The first-order valence-electron chi connectivity index (χ1n) is 4.94. The summed E-state index contributed by atoms with van der Waals surface area (Å²) in [7, 11) is 0. The molecule has 0 radical (unpaired) electrons. The van der Waals surface area contributed by atoms with E-state index in [2.05, 4.69) is 23.2 Å². The van der Waals surface area contributed by atoms with Gasteiger partial charge in [0.15, 0.2) is 0 Å². The lowest BCUT2D eigenvalue weighted by atomic mass is 10.2. The average Bonchev–Trinajstić information content (AvgIpc) is 2.51. The van der Waals surface area contributed by atoms with Crippen molar-refractivity contribution in [2.45, 2.75) is 19.5 Å². The molecule has 1 atom stereocenters. The molecule has 1 N–H and O–H groups in total. The summed E-state index contributed by atoms with van der Waals surface area (Å²) in [5, 5.41) is 3.44. The molecule has 0 aromatic carbocycles. The van der Waals surface area contributed by atoms with Crippen LogP contribution in [0, 0.1) is 0 Å². The van der Waals surface area contributed by atoms with E-state index in [1.54, 1.807) is 11.3 Å². The fourth-order valence-electron chi connectivity index (χ4n) is 1.81. The first-order chi connectivity index (χ1) is 6.74. The molecule has 1 aliphatic rings. The van der Waals surface area contributed by atoms with Gasteiger partial charge in [-0.05, 0) is 19.1 Å². The maximum atomic E-state index is 5.89. The lowest BCUT2D eigenvalue weighted by Crippen LogP contribution is -2.48. The SMILES string of the molecule is C[C@@H]1CN(Cc2ccc(Cl)s2)CCN1. The van der Waals surface area contributed by atoms with Gasteiger partial charge in [0.25, 0.3) is 0 Å². The quantitative estimate of drug-likeness (QED) is 0.838. The maximum Gasteiger partial charge on any atom is 0.0931 e. The molecule has 0 bridgehead atoms. The third-order valence-corrected chi connectivity index (χ3v) is 3.68. The zero-order valence-electron chi connectivity index (χ0n) is 8.29. The maximum absolute atomic E-state index is 5.89. The van der Waals surface area contributed by atoms with Crippen LogP contribution >= 0.6 is 22.9 Å². The number of hydrogen-bond donors (Lipinski definition) is 1. The Kier molecular flexibility index (Phi) is 3.44. The summed E-state index contributed by atoms with van der Waals surface area (Å²) in [5.74, 6) is 0. The molecule has 14 heavy (non-hydrogen) atoms. The van der Waals surface area contributed by atoms with Gasteiger partial charge in [-0.1, -0.05) is 11.6 Å². The fraction of sp³-hybridized carbons (Fsp3) is 0.600. The van der Waals surface area contributed by atoms with Crippen LogP contribution in [0.15, 0.2) is 12.1 Å². The first kappa shape index (κ1) is 10.4. The van der Waals surface area contributed by atoms with Crippen LogP contribution in [0.1, 0.15) is 11.8 Å². The third-order valence-electron chi connectivity index (χ3n) is 2.46. The molecule has 1 aliphatic heterocycles. The number of nitrogens with zero attached hydrogens (tertiary/aromatic N) is 1. The van der Waals surface area contributed by atoms with E-state index in [-0.39, 0.29) is 0 Å². The molecule has 0 saturated carbocycles. The molecule has 0 amide bonds. The zero-order valence-corrected chi connectivity index (χ0v) is 9.87. The Balaban J connectivity index is 1.90. The lowest BCUT2D eigenvalue weighted by Gasteiger charge is -2.31. The normalized spacial score (nSPS) is 24.0. The molecule has 1 saturated heterocycles. The van der Waals surface area contributed by atoms with Gasteiger partial charge in [-0.25, -0.2) is 0 Å². The van der Waals surface area contributed by atoms with Crippen molar-refractivity contribution in [1.29, 1.82) is 0 Å². The van der Waals surface area contributed by atoms with E-state index in [0.717, 1.165) is 30.5 Å². The smallest absolute Gasteiger partial charge is 0.0931 e. The zero-order chi connectivity index (χ0) is 9.97. The van der Waals surface area contributed by atoms with Crippen LogP contribution < -0.4 is 5.32 Å². The minimum Gasteiger partial charge on any atom is -0.312 e. The molecular formula is C10H15ClN2S. The van der Waals surface area contributed by atoms with Crippen LogP contribution in [0.4, 0.5) is 0 Å². The molecule has 0 unspecified atom stereocenters. The predicted molar refractivity (Wildman–Crippen MR) is 62.1 cm³/mol. The summed E-state index contributed by atoms with van der Waals surface area (Å²) in [5.41, 5.74) is 0. The second kappa shape index (κ2) is 4.62. The first-order valence-corrected chi connectivity index (χ1v) is 6.13. The molecule has 2 nitrogen and oxygen atoms in total. The number of halogens is 1. The molecule has 0 aliphatic carbocycles. The van der Waals surface area contributed by atoms with Crippen molar-refractivity contribution in [3.05, 3.63) is 21.3 Å². The molecule has 78 valence electrons.